The minimum absolute atomic E-state index is 0.0399. The van der Waals surface area contributed by atoms with Crippen LogP contribution in [0.4, 0.5) is 5.69 Å². The fraction of sp³-hybridized carbons (Fsp3) is 0.0588. The summed E-state index contributed by atoms with van der Waals surface area (Å²) in [6.07, 6.45) is 0. The molecule has 3 rings (SSSR count). The molecule has 0 bridgehead atoms. The molecule has 0 unspecified atom stereocenters. The number of hydrogen-bond acceptors (Lipinski definition) is 5. The highest BCUT2D eigenvalue weighted by Crippen LogP contribution is 2.29. The predicted octanol–water partition coefficient (Wildman–Crippen LogP) is 2.86. The van der Waals surface area contributed by atoms with Gasteiger partial charge in [-0.05, 0) is 24.3 Å². The molecule has 7 nitrogen and oxygen atoms in total. The lowest BCUT2D eigenvalue weighted by atomic mass is 10.1. The zero-order valence-corrected chi connectivity index (χ0v) is 13.7. The summed E-state index contributed by atoms with van der Waals surface area (Å²) < 4.78 is 5.08. The van der Waals surface area contributed by atoms with Crippen LogP contribution in [0, 0.1) is 0 Å². The summed E-state index contributed by atoms with van der Waals surface area (Å²) in [5, 5.41) is 23.0. The summed E-state index contributed by atoms with van der Waals surface area (Å²) in [4.78, 5) is 24.6. The second-order valence-corrected chi connectivity index (χ2v) is 5.57. The van der Waals surface area contributed by atoms with Crippen LogP contribution >= 0.6 is 11.6 Å². The van der Waals surface area contributed by atoms with Crippen molar-refractivity contribution in [2.24, 2.45) is 0 Å². The van der Waals surface area contributed by atoms with Crippen molar-refractivity contribution >= 4 is 34.0 Å². The Balaban J connectivity index is 2.09. The number of anilines is 1. The molecule has 3 N–H and O–H groups in total. The van der Waals surface area contributed by atoms with Crippen LogP contribution in [0.2, 0.25) is 5.02 Å². The van der Waals surface area contributed by atoms with Gasteiger partial charge in [0, 0.05) is 11.1 Å². The SMILES string of the molecule is COc1ccc(NC(=O)c2c(O)n(O)c(=O)c3ccccc23)cc1Cl. The van der Waals surface area contributed by atoms with Crippen LogP contribution in [0.15, 0.2) is 47.3 Å². The van der Waals surface area contributed by atoms with Crippen molar-refractivity contribution in [3.63, 3.8) is 0 Å². The summed E-state index contributed by atoms with van der Waals surface area (Å²) >= 11 is 6.02. The molecule has 0 saturated carbocycles. The van der Waals surface area contributed by atoms with Crippen LogP contribution in [0.1, 0.15) is 10.4 Å². The second-order valence-electron chi connectivity index (χ2n) is 5.16. The van der Waals surface area contributed by atoms with Gasteiger partial charge in [-0.1, -0.05) is 29.8 Å². The Morgan fingerprint density at radius 1 is 1.20 bits per heavy atom. The van der Waals surface area contributed by atoms with Gasteiger partial charge in [0.25, 0.3) is 11.5 Å². The number of amides is 1. The highest BCUT2D eigenvalue weighted by molar-refractivity contribution is 6.32. The van der Waals surface area contributed by atoms with E-state index in [-0.39, 0.29) is 21.1 Å². The van der Waals surface area contributed by atoms with E-state index in [9.17, 15) is 19.9 Å². The second kappa shape index (κ2) is 6.37. The molecule has 0 radical (unpaired) electrons. The van der Waals surface area contributed by atoms with Gasteiger partial charge in [-0.3, -0.25) is 9.59 Å². The van der Waals surface area contributed by atoms with Crippen LogP contribution in [-0.4, -0.2) is 28.1 Å². The maximum atomic E-state index is 12.6. The summed E-state index contributed by atoms with van der Waals surface area (Å²) in [6.45, 7) is 0. The third-order valence-corrected chi connectivity index (χ3v) is 3.98. The summed E-state index contributed by atoms with van der Waals surface area (Å²) in [7, 11) is 1.47. The van der Waals surface area contributed by atoms with Gasteiger partial charge in [0.2, 0.25) is 5.88 Å². The molecule has 0 aliphatic rings. The Morgan fingerprint density at radius 3 is 2.52 bits per heavy atom. The molecule has 128 valence electrons. The lowest BCUT2D eigenvalue weighted by Crippen LogP contribution is -2.23. The van der Waals surface area contributed by atoms with Gasteiger partial charge in [0.1, 0.15) is 11.3 Å². The smallest absolute Gasteiger partial charge is 0.294 e. The molecule has 1 aromatic heterocycles. The lowest BCUT2D eigenvalue weighted by Gasteiger charge is -2.12. The summed E-state index contributed by atoms with van der Waals surface area (Å²) in [5.41, 5.74) is -0.697. The van der Waals surface area contributed by atoms with E-state index in [1.165, 1.54) is 25.3 Å². The van der Waals surface area contributed by atoms with Crippen molar-refractivity contribution in [3.05, 3.63) is 63.4 Å². The topological polar surface area (TPSA) is 101 Å². The van der Waals surface area contributed by atoms with E-state index in [1.807, 2.05) is 0 Å². The number of hydrogen-bond donors (Lipinski definition) is 3. The van der Waals surface area contributed by atoms with E-state index in [4.69, 9.17) is 16.3 Å². The fourth-order valence-corrected chi connectivity index (χ4v) is 2.74. The number of pyridine rings is 1. The van der Waals surface area contributed by atoms with Crippen molar-refractivity contribution in [2.45, 2.75) is 0 Å². The molecule has 3 aromatic rings. The molecule has 2 aromatic carbocycles. The van der Waals surface area contributed by atoms with Crippen LogP contribution in [0.3, 0.4) is 0 Å². The number of nitrogens with zero attached hydrogens (tertiary/aromatic N) is 1. The molecule has 0 aliphatic carbocycles. The number of carbonyl (C=O) groups excluding carboxylic acids is 1. The zero-order valence-electron chi connectivity index (χ0n) is 13.0. The number of fused-ring (bicyclic) bond motifs is 1. The number of benzene rings is 2. The van der Waals surface area contributed by atoms with E-state index < -0.39 is 17.3 Å². The number of aromatic nitrogens is 1. The number of halogens is 1. The number of carbonyl (C=O) groups is 1. The molecule has 0 aliphatic heterocycles. The molecule has 25 heavy (non-hydrogen) atoms. The maximum absolute atomic E-state index is 12.6. The number of methoxy groups -OCH3 is 1. The standard InChI is InChI=1S/C17H13ClN2O5/c1-25-13-7-6-9(8-12(13)18)19-15(21)14-10-4-2-3-5-11(10)16(22)20(24)17(14)23/h2-8,23-24H,1H3,(H,19,21). The number of ether oxygens (including phenoxy) is 1. The van der Waals surface area contributed by atoms with E-state index in [0.717, 1.165) is 0 Å². The molecule has 0 fully saturated rings. The lowest BCUT2D eigenvalue weighted by molar-refractivity contribution is 0.100. The fourth-order valence-electron chi connectivity index (χ4n) is 2.49. The van der Waals surface area contributed by atoms with E-state index in [2.05, 4.69) is 5.32 Å². The van der Waals surface area contributed by atoms with Gasteiger partial charge in [-0.25, -0.2) is 0 Å². The van der Waals surface area contributed by atoms with Crippen LogP contribution in [0.25, 0.3) is 10.8 Å². The van der Waals surface area contributed by atoms with E-state index in [1.54, 1.807) is 24.3 Å². The largest absolute Gasteiger partial charge is 0.495 e. The summed E-state index contributed by atoms with van der Waals surface area (Å²) in [5.74, 6) is -1.12. The van der Waals surface area contributed by atoms with Crippen LogP contribution in [0.5, 0.6) is 11.6 Å². The Hall–Kier alpha value is -3.19. The van der Waals surface area contributed by atoms with Crippen LogP contribution in [-0.2, 0) is 0 Å². The molecule has 8 heteroatoms. The van der Waals surface area contributed by atoms with Gasteiger partial charge >= 0.3 is 0 Å². The molecule has 1 heterocycles. The average Bonchev–Trinajstić information content (AvgIpc) is 2.60. The molecule has 1 amide bonds. The normalized spacial score (nSPS) is 10.6. The van der Waals surface area contributed by atoms with E-state index >= 15 is 0 Å². The van der Waals surface area contributed by atoms with Crippen molar-refractivity contribution in [3.8, 4) is 11.6 Å². The van der Waals surface area contributed by atoms with Gasteiger partial charge in [0.15, 0.2) is 0 Å². The van der Waals surface area contributed by atoms with Gasteiger partial charge in [0.05, 0.1) is 17.5 Å². The minimum atomic E-state index is -0.846. The summed E-state index contributed by atoms with van der Waals surface area (Å²) in [6, 6.07) is 10.8. The molecule has 0 saturated heterocycles. The first-order chi connectivity index (χ1) is 11.9. The Morgan fingerprint density at radius 2 is 1.88 bits per heavy atom. The van der Waals surface area contributed by atoms with Crippen molar-refractivity contribution in [1.29, 1.82) is 0 Å². The average molecular weight is 361 g/mol. The maximum Gasteiger partial charge on any atom is 0.294 e. The first kappa shape index (κ1) is 16.7. The number of aromatic hydroxyl groups is 1. The minimum Gasteiger partial charge on any atom is -0.495 e. The van der Waals surface area contributed by atoms with Gasteiger partial charge in [-0.15, -0.1) is 4.73 Å². The monoisotopic (exact) mass is 360 g/mol. The molecule has 0 spiro atoms. The highest BCUT2D eigenvalue weighted by Gasteiger charge is 2.21. The third-order valence-electron chi connectivity index (χ3n) is 3.68. The molecular formula is C17H13ClN2O5. The Kier molecular flexibility index (Phi) is 4.24. The Labute approximate surface area is 146 Å². The Bertz CT molecular complexity index is 1050. The zero-order chi connectivity index (χ0) is 18.1. The van der Waals surface area contributed by atoms with Gasteiger partial charge < -0.3 is 20.4 Å². The first-order valence-corrected chi connectivity index (χ1v) is 7.52. The number of nitrogens with one attached hydrogen (secondary N) is 1. The van der Waals surface area contributed by atoms with Crippen molar-refractivity contribution in [2.75, 3.05) is 12.4 Å². The van der Waals surface area contributed by atoms with Crippen molar-refractivity contribution in [1.82, 2.24) is 4.73 Å². The quantitative estimate of drug-likeness (QED) is 0.623. The molecular weight excluding hydrogens is 348 g/mol. The first-order valence-electron chi connectivity index (χ1n) is 7.15. The van der Waals surface area contributed by atoms with Crippen LogP contribution < -0.4 is 15.6 Å². The predicted molar refractivity (Wildman–Crippen MR) is 93.0 cm³/mol. The van der Waals surface area contributed by atoms with Crippen molar-refractivity contribution < 1.29 is 19.8 Å². The number of rotatable bonds is 3. The molecule has 0 atom stereocenters. The third kappa shape index (κ3) is 2.85. The highest BCUT2D eigenvalue weighted by atomic mass is 35.5. The van der Waals surface area contributed by atoms with E-state index in [0.29, 0.717) is 16.5 Å². The van der Waals surface area contributed by atoms with Gasteiger partial charge in [-0.2, -0.15) is 0 Å².